The summed E-state index contributed by atoms with van der Waals surface area (Å²) in [6.45, 7) is 5.52. The van der Waals surface area contributed by atoms with Gasteiger partial charge in [-0.1, -0.05) is 13.8 Å². The molecule has 0 aromatic heterocycles. The van der Waals surface area contributed by atoms with Crippen LogP contribution in [0.1, 0.15) is 39.5 Å². The summed E-state index contributed by atoms with van der Waals surface area (Å²) in [4.78, 5) is 24.5. The Kier molecular flexibility index (Phi) is 6.12. The molecule has 5 heteroatoms. The Morgan fingerprint density at radius 3 is 2.61 bits per heavy atom. The van der Waals surface area contributed by atoms with Crippen molar-refractivity contribution in [2.75, 3.05) is 19.7 Å². The highest BCUT2D eigenvalue weighted by molar-refractivity contribution is 5.81. The van der Waals surface area contributed by atoms with Crippen LogP contribution >= 0.6 is 0 Å². The minimum atomic E-state index is -0.874. The molecule has 1 atom stereocenters. The van der Waals surface area contributed by atoms with Crippen molar-refractivity contribution >= 4 is 11.9 Å². The van der Waals surface area contributed by atoms with E-state index in [1.54, 1.807) is 4.90 Å². The maximum absolute atomic E-state index is 12.3. The van der Waals surface area contributed by atoms with E-state index >= 15 is 0 Å². The van der Waals surface area contributed by atoms with Gasteiger partial charge in [0.05, 0.1) is 6.42 Å². The van der Waals surface area contributed by atoms with Gasteiger partial charge < -0.3 is 14.7 Å². The summed E-state index contributed by atoms with van der Waals surface area (Å²) >= 11 is 0. The lowest BCUT2D eigenvalue weighted by atomic mass is 10.1. The number of hydrogen-bond acceptors (Lipinski definition) is 3. The monoisotopic (exact) mass is 257 g/mol. The molecule has 18 heavy (non-hydrogen) atoms. The fourth-order valence-corrected chi connectivity index (χ4v) is 2.10. The molecule has 0 aromatic carbocycles. The van der Waals surface area contributed by atoms with E-state index in [1.807, 2.05) is 13.8 Å². The number of carbonyl (C=O) groups excluding carboxylic acids is 1. The second-order valence-corrected chi connectivity index (χ2v) is 5.18. The summed E-state index contributed by atoms with van der Waals surface area (Å²) in [7, 11) is 0. The van der Waals surface area contributed by atoms with Crippen molar-refractivity contribution in [3.05, 3.63) is 0 Å². The van der Waals surface area contributed by atoms with Crippen molar-refractivity contribution < 1.29 is 19.4 Å². The average molecular weight is 257 g/mol. The van der Waals surface area contributed by atoms with Crippen molar-refractivity contribution in [2.45, 2.75) is 45.6 Å². The zero-order chi connectivity index (χ0) is 13.5. The average Bonchev–Trinajstić information content (AvgIpc) is 2.34. The fraction of sp³-hybridized carbons (Fsp3) is 0.846. The summed E-state index contributed by atoms with van der Waals surface area (Å²) in [5, 5.41) is 8.72. The predicted octanol–water partition coefficient (Wildman–Crippen LogP) is 1.51. The molecule has 0 saturated carbocycles. The molecule has 1 saturated heterocycles. The lowest BCUT2D eigenvalue weighted by Crippen LogP contribution is -2.44. The van der Waals surface area contributed by atoms with E-state index in [9.17, 15) is 9.59 Å². The number of aliphatic carboxylic acids is 1. The number of carboxylic acids is 1. The van der Waals surface area contributed by atoms with Crippen molar-refractivity contribution in [3.8, 4) is 0 Å². The third kappa shape index (κ3) is 5.04. The topological polar surface area (TPSA) is 66.8 Å². The number of amides is 1. The molecule has 1 aliphatic heterocycles. The molecule has 104 valence electrons. The van der Waals surface area contributed by atoms with Crippen LogP contribution in [-0.4, -0.2) is 47.7 Å². The molecule has 1 unspecified atom stereocenters. The van der Waals surface area contributed by atoms with Crippen LogP contribution in [0, 0.1) is 5.92 Å². The number of rotatable bonds is 6. The first-order valence-corrected chi connectivity index (χ1v) is 6.63. The fourth-order valence-electron chi connectivity index (χ4n) is 2.10. The first kappa shape index (κ1) is 15.0. The van der Waals surface area contributed by atoms with Gasteiger partial charge in [-0.05, 0) is 25.2 Å². The first-order chi connectivity index (χ1) is 8.50. The molecule has 1 N–H and O–H groups in total. The van der Waals surface area contributed by atoms with Crippen molar-refractivity contribution in [2.24, 2.45) is 5.92 Å². The van der Waals surface area contributed by atoms with Gasteiger partial charge in [0, 0.05) is 19.7 Å². The van der Waals surface area contributed by atoms with Gasteiger partial charge in [-0.15, -0.1) is 0 Å². The lowest BCUT2D eigenvalue weighted by Gasteiger charge is -2.30. The predicted molar refractivity (Wildman–Crippen MR) is 67.3 cm³/mol. The molecule has 0 radical (unpaired) electrons. The molecular weight excluding hydrogens is 234 g/mol. The molecule has 0 aliphatic carbocycles. The largest absolute Gasteiger partial charge is 0.481 e. The number of nitrogens with zero attached hydrogens (tertiary/aromatic N) is 1. The summed E-state index contributed by atoms with van der Waals surface area (Å²) in [5.74, 6) is -0.600. The summed E-state index contributed by atoms with van der Waals surface area (Å²) < 4.78 is 5.47. The molecule has 1 rings (SSSR count). The normalized spacial score (nSPS) is 19.8. The molecule has 1 heterocycles. The minimum Gasteiger partial charge on any atom is -0.481 e. The van der Waals surface area contributed by atoms with Crippen LogP contribution in [0.3, 0.4) is 0 Å². The van der Waals surface area contributed by atoms with E-state index in [-0.39, 0.29) is 25.0 Å². The Morgan fingerprint density at radius 2 is 2.11 bits per heavy atom. The van der Waals surface area contributed by atoms with Crippen molar-refractivity contribution in [3.63, 3.8) is 0 Å². The Balaban J connectivity index is 2.55. The maximum Gasteiger partial charge on any atom is 0.305 e. The number of hydrogen-bond donors (Lipinski definition) is 1. The quantitative estimate of drug-likeness (QED) is 0.783. The van der Waals surface area contributed by atoms with E-state index in [0.29, 0.717) is 19.1 Å². The van der Waals surface area contributed by atoms with Crippen molar-refractivity contribution in [1.82, 2.24) is 4.90 Å². The van der Waals surface area contributed by atoms with E-state index in [0.717, 1.165) is 19.3 Å². The van der Waals surface area contributed by atoms with E-state index < -0.39 is 5.97 Å². The zero-order valence-corrected chi connectivity index (χ0v) is 11.2. The second kappa shape index (κ2) is 7.36. The Labute approximate surface area is 108 Å². The van der Waals surface area contributed by atoms with Gasteiger partial charge in [-0.3, -0.25) is 9.59 Å². The number of carbonyl (C=O) groups is 2. The van der Waals surface area contributed by atoms with E-state index in [4.69, 9.17) is 9.84 Å². The smallest absolute Gasteiger partial charge is 0.305 e. The van der Waals surface area contributed by atoms with Gasteiger partial charge in [-0.2, -0.15) is 0 Å². The van der Waals surface area contributed by atoms with Gasteiger partial charge >= 0.3 is 5.97 Å². The molecular formula is C13H23NO4. The van der Waals surface area contributed by atoms with E-state index in [2.05, 4.69) is 0 Å². The summed E-state index contributed by atoms with van der Waals surface area (Å²) in [5.41, 5.74) is 0. The molecule has 0 aromatic rings. The third-order valence-corrected chi connectivity index (χ3v) is 2.95. The minimum absolute atomic E-state index is 0.00875. The molecule has 0 spiro atoms. The van der Waals surface area contributed by atoms with Crippen LogP contribution in [0.2, 0.25) is 0 Å². The van der Waals surface area contributed by atoms with Crippen LogP contribution in [-0.2, 0) is 14.3 Å². The van der Waals surface area contributed by atoms with Gasteiger partial charge in [0.2, 0.25) is 0 Å². The van der Waals surface area contributed by atoms with E-state index in [1.165, 1.54) is 0 Å². The van der Waals surface area contributed by atoms with Crippen molar-refractivity contribution in [1.29, 1.82) is 0 Å². The lowest BCUT2D eigenvalue weighted by molar-refractivity contribution is -0.148. The Bertz CT molecular complexity index is 285. The molecule has 1 aliphatic rings. The third-order valence-electron chi connectivity index (χ3n) is 2.95. The second-order valence-electron chi connectivity index (χ2n) is 5.18. The van der Waals surface area contributed by atoms with Gasteiger partial charge in [0.15, 0.2) is 0 Å². The highest BCUT2D eigenvalue weighted by atomic mass is 16.5. The van der Waals surface area contributed by atoms with Crippen LogP contribution in [0.25, 0.3) is 0 Å². The Morgan fingerprint density at radius 1 is 1.39 bits per heavy atom. The first-order valence-electron chi connectivity index (χ1n) is 6.63. The number of ether oxygens (including phenoxy) is 1. The molecule has 0 bridgehead atoms. The maximum atomic E-state index is 12.3. The molecule has 5 nitrogen and oxygen atoms in total. The van der Waals surface area contributed by atoms with Gasteiger partial charge in [0.25, 0.3) is 5.91 Å². The zero-order valence-electron chi connectivity index (χ0n) is 11.2. The summed E-state index contributed by atoms with van der Waals surface area (Å²) in [6, 6.07) is 0. The van der Waals surface area contributed by atoms with Crippen LogP contribution in [0.5, 0.6) is 0 Å². The summed E-state index contributed by atoms with van der Waals surface area (Å²) in [6.07, 6.45) is 2.38. The Hall–Kier alpha value is -1.10. The van der Waals surface area contributed by atoms with Crippen LogP contribution in [0.15, 0.2) is 0 Å². The standard InChI is InChI=1S/C13H23NO4/c1-10(2)9-14(7-6-12(15)16)13(17)11-5-3-4-8-18-11/h10-11H,3-9H2,1-2H3,(H,15,16). The van der Waals surface area contributed by atoms with Crippen LogP contribution in [0.4, 0.5) is 0 Å². The van der Waals surface area contributed by atoms with Gasteiger partial charge in [-0.25, -0.2) is 0 Å². The molecule has 1 fully saturated rings. The SMILES string of the molecule is CC(C)CN(CCC(=O)O)C(=O)C1CCCCO1. The molecule has 1 amide bonds. The van der Waals surface area contributed by atoms with Gasteiger partial charge in [0.1, 0.15) is 6.10 Å². The highest BCUT2D eigenvalue weighted by Gasteiger charge is 2.27. The number of carboxylic acid groups (broad SMARTS) is 1. The van der Waals surface area contributed by atoms with Crippen LogP contribution < -0.4 is 0 Å². The highest BCUT2D eigenvalue weighted by Crippen LogP contribution is 2.16.